The molecule has 0 aromatic heterocycles. The zero-order valence-electron chi connectivity index (χ0n) is 6.65. The number of carbonyl (C=O) groups is 1. The van der Waals surface area contributed by atoms with E-state index in [2.05, 4.69) is 5.32 Å². The van der Waals surface area contributed by atoms with Crippen LogP contribution in [0.15, 0.2) is 18.2 Å². The Morgan fingerprint density at radius 2 is 2.23 bits per heavy atom. The summed E-state index contributed by atoms with van der Waals surface area (Å²) in [6, 6.07) is 4.54. The SMILES string of the molecule is O=C1Cc2ccc([N+](=O)O)cc2N1. The number of nitrogens with zero attached hydrogens (tertiary/aromatic N) is 1. The minimum atomic E-state index is -0.231. The predicted octanol–water partition coefficient (Wildman–Crippen LogP) is 0.981. The molecule has 1 amide bonds. The number of benzene rings is 1. The van der Waals surface area contributed by atoms with Gasteiger partial charge in [-0.15, -0.1) is 0 Å². The predicted molar refractivity (Wildman–Crippen MR) is 43.8 cm³/mol. The van der Waals surface area contributed by atoms with Gasteiger partial charge in [-0.3, -0.25) is 4.79 Å². The Bertz CT molecular complexity index is 400. The smallest absolute Gasteiger partial charge is 0.318 e. The first-order valence-corrected chi connectivity index (χ1v) is 3.76. The lowest BCUT2D eigenvalue weighted by molar-refractivity contribution is -0.729. The van der Waals surface area contributed by atoms with E-state index in [1.807, 2.05) is 0 Å². The highest BCUT2D eigenvalue weighted by Crippen LogP contribution is 2.26. The van der Waals surface area contributed by atoms with Crippen molar-refractivity contribution in [2.75, 3.05) is 5.32 Å². The van der Waals surface area contributed by atoms with E-state index in [4.69, 9.17) is 5.21 Å². The summed E-state index contributed by atoms with van der Waals surface area (Å²) in [7, 11) is 0. The molecular weight excluding hydrogens is 172 g/mol. The van der Waals surface area contributed by atoms with E-state index in [9.17, 15) is 9.70 Å². The van der Waals surface area contributed by atoms with Crippen molar-refractivity contribution in [2.45, 2.75) is 6.42 Å². The summed E-state index contributed by atoms with van der Waals surface area (Å²) < 4.78 is 0. The molecular formula is C8H7N2O3+. The first-order valence-electron chi connectivity index (χ1n) is 3.76. The third kappa shape index (κ3) is 1.24. The van der Waals surface area contributed by atoms with Crippen LogP contribution in [-0.4, -0.2) is 16.0 Å². The van der Waals surface area contributed by atoms with Crippen molar-refractivity contribution >= 4 is 17.3 Å². The van der Waals surface area contributed by atoms with Gasteiger partial charge >= 0.3 is 5.69 Å². The maximum atomic E-state index is 10.9. The number of fused-ring (bicyclic) bond motifs is 1. The molecule has 5 heteroatoms. The third-order valence-electron chi connectivity index (χ3n) is 1.94. The summed E-state index contributed by atoms with van der Waals surface area (Å²) in [5, 5.41) is 11.2. The molecule has 1 aromatic carbocycles. The van der Waals surface area contributed by atoms with Gasteiger partial charge in [0.2, 0.25) is 5.91 Å². The van der Waals surface area contributed by atoms with Crippen molar-refractivity contribution in [2.24, 2.45) is 0 Å². The Kier molecular flexibility index (Phi) is 1.51. The van der Waals surface area contributed by atoms with Crippen molar-refractivity contribution in [3.8, 4) is 0 Å². The molecule has 0 aliphatic carbocycles. The first-order chi connectivity index (χ1) is 6.16. The molecule has 2 rings (SSSR count). The fourth-order valence-corrected chi connectivity index (χ4v) is 1.32. The summed E-state index contributed by atoms with van der Waals surface area (Å²) in [6.07, 6.45) is 0.333. The molecule has 0 saturated carbocycles. The van der Waals surface area contributed by atoms with Gasteiger partial charge in [-0.1, -0.05) is 0 Å². The summed E-state index contributed by atoms with van der Waals surface area (Å²) in [6.45, 7) is 0. The molecule has 13 heavy (non-hydrogen) atoms. The lowest BCUT2D eigenvalue weighted by Gasteiger charge is -1.94. The van der Waals surface area contributed by atoms with E-state index < -0.39 is 0 Å². The minimum Gasteiger partial charge on any atom is -0.325 e. The number of anilines is 1. The van der Waals surface area contributed by atoms with Crippen molar-refractivity contribution in [3.63, 3.8) is 0 Å². The highest BCUT2D eigenvalue weighted by Gasteiger charge is 2.21. The van der Waals surface area contributed by atoms with Gasteiger partial charge in [-0.25, -0.2) is 5.21 Å². The minimum absolute atomic E-state index is 0.0949. The van der Waals surface area contributed by atoms with Crippen LogP contribution < -0.4 is 5.32 Å². The van der Waals surface area contributed by atoms with Gasteiger partial charge in [0.1, 0.15) is 0 Å². The molecule has 0 saturated heterocycles. The Morgan fingerprint density at radius 1 is 1.46 bits per heavy atom. The van der Waals surface area contributed by atoms with Crippen LogP contribution in [0.5, 0.6) is 0 Å². The molecule has 2 N–H and O–H groups in total. The number of hydrogen-bond acceptors (Lipinski definition) is 2. The van der Waals surface area contributed by atoms with Crippen LogP contribution in [0.3, 0.4) is 0 Å². The van der Waals surface area contributed by atoms with E-state index in [0.717, 1.165) is 5.56 Å². The molecule has 1 heterocycles. The Hall–Kier alpha value is -1.91. The summed E-state index contributed by atoms with van der Waals surface area (Å²) >= 11 is 0. The van der Waals surface area contributed by atoms with Gasteiger partial charge in [0, 0.05) is 12.1 Å². The van der Waals surface area contributed by atoms with E-state index in [1.54, 1.807) is 6.07 Å². The fourth-order valence-electron chi connectivity index (χ4n) is 1.32. The molecule has 1 aromatic rings. The van der Waals surface area contributed by atoms with Gasteiger partial charge in [-0.05, 0) is 11.6 Å². The third-order valence-corrected chi connectivity index (χ3v) is 1.94. The standard InChI is InChI=1S/C8H6N2O3/c11-8-3-5-1-2-6(10(12)13)4-7(5)9-8/h1-2,4H,3H2,(H-,9,11,12,13)/p+1. The number of hydrogen-bond donors (Lipinski definition) is 2. The van der Waals surface area contributed by atoms with Crippen LogP contribution in [-0.2, 0) is 11.2 Å². The topological polar surface area (TPSA) is 69.4 Å². The average Bonchev–Trinajstić information content (AvgIpc) is 2.42. The molecule has 0 atom stereocenters. The molecule has 1 aliphatic heterocycles. The lowest BCUT2D eigenvalue weighted by atomic mass is 10.1. The second kappa shape index (κ2) is 2.55. The molecule has 0 fully saturated rings. The van der Waals surface area contributed by atoms with Crippen molar-refractivity contribution < 1.29 is 14.9 Å². The van der Waals surface area contributed by atoms with Crippen LogP contribution >= 0.6 is 0 Å². The van der Waals surface area contributed by atoms with Crippen LogP contribution in [0.1, 0.15) is 5.56 Å². The van der Waals surface area contributed by atoms with Crippen LogP contribution in [0.4, 0.5) is 11.4 Å². The quantitative estimate of drug-likeness (QED) is 0.631. The molecule has 5 nitrogen and oxygen atoms in total. The van der Waals surface area contributed by atoms with Crippen LogP contribution in [0, 0.1) is 4.91 Å². The Balaban J connectivity index is 2.45. The molecule has 1 aliphatic rings. The molecule has 0 unspecified atom stereocenters. The average molecular weight is 179 g/mol. The van der Waals surface area contributed by atoms with Gasteiger partial charge in [0.25, 0.3) is 4.92 Å². The van der Waals surface area contributed by atoms with Gasteiger partial charge in [0.05, 0.1) is 17.0 Å². The van der Waals surface area contributed by atoms with E-state index >= 15 is 0 Å². The zero-order valence-corrected chi connectivity index (χ0v) is 6.65. The van der Waals surface area contributed by atoms with Gasteiger partial charge < -0.3 is 5.32 Å². The summed E-state index contributed by atoms with van der Waals surface area (Å²) in [5.41, 5.74) is 1.55. The second-order valence-corrected chi connectivity index (χ2v) is 2.84. The molecule has 66 valence electrons. The fraction of sp³-hybridized carbons (Fsp3) is 0.125. The van der Waals surface area contributed by atoms with Gasteiger partial charge in [-0.2, -0.15) is 0 Å². The number of amides is 1. The number of nitrogens with one attached hydrogen (secondary N) is 1. The van der Waals surface area contributed by atoms with Crippen LogP contribution in [0.2, 0.25) is 0 Å². The molecule has 0 bridgehead atoms. The largest absolute Gasteiger partial charge is 0.325 e. The summed E-state index contributed by atoms with van der Waals surface area (Å²) in [4.78, 5) is 21.2. The number of rotatable bonds is 1. The zero-order chi connectivity index (χ0) is 9.42. The highest BCUT2D eigenvalue weighted by atomic mass is 16.6. The monoisotopic (exact) mass is 179 g/mol. The van der Waals surface area contributed by atoms with E-state index in [1.165, 1.54) is 12.1 Å². The first kappa shape index (κ1) is 7.72. The van der Waals surface area contributed by atoms with Crippen molar-refractivity contribution in [1.29, 1.82) is 0 Å². The highest BCUT2D eigenvalue weighted by molar-refractivity contribution is 5.99. The van der Waals surface area contributed by atoms with E-state index in [0.29, 0.717) is 12.1 Å². The summed E-state index contributed by atoms with van der Waals surface area (Å²) in [5.74, 6) is -0.0949. The maximum absolute atomic E-state index is 10.9. The molecule has 0 spiro atoms. The van der Waals surface area contributed by atoms with Gasteiger partial charge in [0.15, 0.2) is 0 Å². The normalized spacial score (nSPS) is 13.7. The van der Waals surface area contributed by atoms with Crippen molar-refractivity contribution in [3.05, 3.63) is 28.7 Å². The van der Waals surface area contributed by atoms with Crippen molar-refractivity contribution in [1.82, 2.24) is 0 Å². The Morgan fingerprint density at radius 3 is 2.92 bits per heavy atom. The second-order valence-electron chi connectivity index (χ2n) is 2.84. The molecule has 0 radical (unpaired) electrons. The Labute approximate surface area is 73.5 Å². The number of carbonyl (C=O) groups excluding carboxylic acids is 1. The van der Waals surface area contributed by atoms with Crippen LogP contribution in [0.25, 0.3) is 0 Å². The maximum Gasteiger partial charge on any atom is 0.318 e. The van der Waals surface area contributed by atoms with E-state index in [-0.39, 0.29) is 16.5 Å². The lowest BCUT2D eigenvalue weighted by Crippen LogP contribution is -2.03.